The fourth-order valence-corrected chi connectivity index (χ4v) is 3.67. The number of aromatic carboxylic acids is 1. The number of nitrogens with zero attached hydrogens (tertiary/aromatic N) is 2. The van der Waals surface area contributed by atoms with Gasteiger partial charge in [-0.25, -0.2) is 9.18 Å². The van der Waals surface area contributed by atoms with Gasteiger partial charge in [-0.2, -0.15) is 4.98 Å². The van der Waals surface area contributed by atoms with Crippen LogP contribution < -0.4 is 0 Å². The lowest BCUT2D eigenvalue weighted by atomic mass is 9.94. The van der Waals surface area contributed by atoms with Gasteiger partial charge in [0.1, 0.15) is 5.82 Å². The SMILES string of the molecule is Cc1ccccc1-c1ccc(-c2nc(-c3ccc(C(=O)O)c(F)c3)no2)cc1COCC(C)C. The van der Waals surface area contributed by atoms with Gasteiger partial charge in [0, 0.05) is 17.7 Å². The van der Waals surface area contributed by atoms with Crippen molar-refractivity contribution < 1.29 is 23.6 Å². The van der Waals surface area contributed by atoms with Gasteiger partial charge in [0.05, 0.1) is 12.2 Å². The molecule has 0 unspecified atom stereocenters. The van der Waals surface area contributed by atoms with E-state index >= 15 is 0 Å². The molecule has 0 aliphatic heterocycles. The van der Waals surface area contributed by atoms with Crippen LogP contribution in [-0.4, -0.2) is 27.8 Å². The van der Waals surface area contributed by atoms with Gasteiger partial charge >= 0.3 is 5.97 Å². The van der Waals surface area contributed by atoms with Crippen molar-refractivity contribution in [2.75, 3.05) is 6.61 Å². The van der Waals surface area contributed by atoms with E-state index in [2.05, 4.69) is 43.0 Å². The molecule has 4 aromatic rings. The highest BCUT2D eigenvalue weighted by atomic mass is 19.1. The molecule has 0 amide bonds. The van der Waals surface area contributed by atoms with Crippen molar-refractivity contribution in [2.45, 2.75) is 27.4 Å². The van der Waals surface area contributed by atoms with E-state index in [1.54, 1.807) is 0 Å². The van der Waals surface area contributed by atoms with E-state index in [4.69, 9.17) is 14.4 Å². The lowest BCUT2D eigenvalue weighted by molar-refractivity contribution is 0.0692. The number of hydrogen-bond donors (Lipinski definition) is 1. The van der Waals surface area contributed by atoms with Crippen molar-refractivity contribution in [3.8, 4) is 34.0 Å². The first-order chi connectivity index (χ1) is 16.3. The predicted octanol–water partition coefficient (Wildman–Crippen LogP) is 6.39. The zero-order chi connectivity index (χ0) is 24.2. The highest BCUT2D eigenvalue weighted by molar-refractivity contribution is 5.88. The van der Waals surface area contributed by atoms with Crippen LogP contribution in [0, 0.1) is 18.7 Å². The van der Waals surface area contributed by atoms with E-state index in [1.807, 2.05) is 30.3 Å². The minimum atomic E-state index is -1.33. The monoisotopic (exact) mass is 460 g/mol. The third-order valence-corrected chi connectivity index (χ3v) is 5.38. The Labute approximate surface area is 197 Å². The van der Waals surface area contributed by atoms with Crippen LogP contribution in [0.1, 0.15) is 35.3 Å². The Kier molecular flexibility index (Phi) is 6.84. The molecule has 0 aliphatic rings. The van der Waals surface area contributed by atoms with Gasteiger partial charge in [-0.05, 0) is 65.4 Å². The molecule has 0 saturated carbocycles. The standard InChI is InChI=1S/C27H25FN2O4/c1-16(2)14-33-15-20-12-19(9-10-22(20)21-7-5-4-6-17(21)3)26-29-25(30-34-26)18-8-11-23(27(31)32)24(28)13-18/h4-13,16H,14-15H2,1-3H3,(H,31,32). The summed E-state index contributed by atoms with van der Waals surface area (Å²) >= 11 is 0. The average Bonchev–Trinajstić information content (AvgIpc) is 3.29. The largest absolute Gasteiger partial charge is 0.478 e. The van der Waals surface area contributed by atoms with Gasteiger partial charge in [0.15, 0.2) is 0 Å². The number of benzene rings is 3. The molecule has 174 valence electrons. The van der Waals surface area contributed by atoms with E-state index in [-0.39, 0.29) is 11.7 Å². The molecule has 0 saturated heterocycles. The summed E-state index contributed by atoms with van der Waals surface area (Å²) in [4.78, 5) is 15.5. The van der Waals surface area contributed by atoms with Gasteiger partial charge in [0.25, 0.3) is 5.89 Å². The highest BCUT2D eigenvalue weighted by Gasteiger charge is 2.17. The van der Waals surface area contributed by atoms with Gasteiger partial charge in [-0.3, -0.25) is 0 Å². The van der Waals surface area contributed by atoms with Gasteiger partial charge in [-0.15, -0.1) is 0 Å². The number of carbonyl (C=O) groups is 1. The number of aromatic nitrogens is 2. The molecule has 0 spiro atoms. The summed E-state index contributed by atoms with van der Waals surface area (Å²) in [6, 6.07) is 17.8. The molecule has 7 heteroatoms. The summed E-state index contributed by atoms with van der Waals surface area (Å²) in [5, 5.41) is 13.0. The van der Waals surface area contributed by atoms with E-state index in [1.165, 1.54) is 12.1 Å². The van der Waals surface area contributed by atoms with Crippen molar-refractivity contribution in [1.29, 1.82) is 0 Å². The molecule has 0 atom stereocenters. The number of hydrogen-bond acceptors (Lipinski definition) is 5. The number of carboxylic acids is 1. The molecule has 0 radical (unpaired) electrons. The van der Waals surface area contributed by atoms with Crippen LogP contribution in [-0.2, 0) is 11.3 Å². The highest BCUT2D eigenvalue weighted by Crippen LogP contribution is 2.32. The quantitative estimate of drug-likeness (QED) is 0.328. The van der Waals surface area contributed by atoms with Crippen molar-refractivity contribution in [3.05, 3.63) is 83.2 Å². The van der Waals surface area contributed by atoms with E-state index < -0.39 is 17.3 Å². The van der Waals surface area contributed by atoms with Crippen LogP contribution in [0.5, 0.6) is 0 Å². The minimum absolute atomic E-state index is 0.173. The second-order valence-electron chi connectivity index (χ2n) is 8.52. The van der Waals surface area contributed by atoms with Crippen LogP contribution in [0.15, 0.2) is 65.2 Å². The van der Waals surface area contributed by atoms with E-state index in [0.717, 1.165) is 28.3 Å². The minimum Gasteiger partial charge on any atom is -0.478 e. The first-order valence-electron chi connectivity index (χ1n) is 11.0. The molecule has 0 bridgehead atoms. The van der Waals surface area contributed by atoms with Crippen molar-refractivity contribution in [3.63, 3.8) is 0 Å². The van der Waals surface area contributed by atoms with Crippen LogP contribution >= 0.6 is 0 Å². The molecule has 1 aromatic heterocycles. The molecule has 0 fully saturated rings. The molecular weight excluding hydrogens is 435 g/mol. The van der Waals surface area contributed by atoms with E-state index in [0.29, 0.717) is 30.3 Å². The zero-order valence-corrected chi connectivity index (χ0v) is 19.2. The maximum Gasteiger partial charge on any atom is 0.338 e. The lowest BCUT2D eigenvalue weighted by Crippen LogP contribution is -2.03. The molecule has 1 heterocycles. The summed E-state index contributed by atoms with van der Waals surface area (Å²) < 4.78 is 25.5. The van der Waals surface area contributed by atoms with Crippen molar-refractivity contribution >= 4 is 5.97 Å². The van der Waals surface area contributed by atoms with E-state index in [9.17, 15) is 9.18 Å². The maximum atomic E-state index is 14.1. The molecule has 6 nitrogen and oxygen atoms in total. The second-order valence-corrected chi connectivity index (χ2v) is 8.52. The lowest BCUT2D eigenvalue weighted by Gasteiger charge is -2.14. The number of carboxylic acid groups (broad SMARTS) is 1. The number of halogens is 1. The Morgan fingerprint density at radius 1 is 1.06 bits per heavy atom. The topological polar surface area (TPSA) is 85.5 Å². The molecule has 34 heavy (non-hydrogen) atoms. The Hall–Kier alpha value is -3.84. The Morgan fingerprint density at radius 2 is 1.82 bits per heavy atom. The first-order valence-corrected chi connectivity index (χ1v) is 11.0. The van der Waals surface area contributed by atoms with Crippen LogP contribution in [0.3, 0.4) is 0 Å². The Bertz CT molecular complexity index is 1330. The fourth-order valence-electron chi connectivity index (χ4n) is 3.67. The number of ether oxygens (including phenoxy) is 1. The molecular formula is C27H25FN2O4. The summed E-state index contributed by atoms with van der Waals surface area (Å²) in [5.74, 6) is -1.33. The number of rotatable bonds is 8. The molecule has 4 rings (SSSR count). The Morgan fingerprint density at radius 3 is 2.53 bits per heavy atom. The molecule has 1 N–H and O–H groups in total. The summed E-state index contributed by atoms with van der Waals surface area (Å²) in [5.41, 5.74) is 4.96. The van der Waals surface area contributed by atoms with Gasteiger partial charge in [0.2, 0.25) is 5.82 Å². The Balaban J connectivity index is 1.68. The number of aryl methyl sites for hydroxylation is 1. The van der Waals surface area contributed by atoms with Crippen molar-refractivity contribution in [2.24, 2.45) is 5.92 Å². The first kappa shape index (κ1) is 23.3. The van der Waals surface area contributed by atoms with Crippen LogP contribution in [0.4, 0.5) is 4.39 Å². The molecule has 0 aliphatic carbocycles. The summed E-state index contributed by atoms with van der Waals surface area (Å²) in [6.45, 7) is 7.34. The van der Waals surface area contributed by atoms with Crippen LogP contribution in [0.25, 0.3) is 34.0 Å². The normalized spacial score (nSPS) is 11.2. The smallest absolute Gasteiger partial charge is 0.338 e. The summed E-state index contributed by atoms with van der Waals surface area (Å²) in [7, 11) is 0. The zero-order valence-electron chi connectivity index (χ0n) is 19.2. The third-order valence-electron chi connectivity index (χ3n) is 5.38. The average molecular weight is 461 g/mol. The maximum absolute atomic E-state index is 14.1. The predicted molar refractivity (Wildman–Crippen MR) is 127 cm³/mol. The van der Waals surface area contributed by atoms with Crippen LogP contribution in [0.2, 0.25) is 0 Å². The van der Waals surface area contributed by atoms with Gasteiger partial charge < -0.3 is 14.4 Å². The fraction of sp³-hybridized carbons (Fsp3) is 0.222. The van der Waals surface area contributed by atoms with Crippen molar-refractivity contribution in [1.82, 2.24) is 10.1 Å². The molecule has 3 aromatic carbocycles. The third kappa shape index (κ3) is 5.05. The van der Waals surface area contributed by atoms with Gasteiger partial charge in [-0.1, -0.05) is 49.3 Å². The summed E-state index contributed by atoms with van der Waals surface area (Å²) in [6.07, 6.45) is 0. The second kappa shape index (κ2) is 9.97.